The average molecular weight is 418 g/mol. The van der Waals surface area contributed by atoms with Gasteiger partial charge in [0.1, 0.15) is 5.75 Å². The molecule has 26 heavy (non-hydrogen) atoms. The number of nitrogens with zero attached hydrogens (tertiary/aromatic N) is 1. The molecule has 2 aromatic carbocycles. The number of carbonyl (C=O) groups is 1. The Morgan fingerprint density at radius 1 is 1.00 bits per heavy atom. The Morgan fingerprint density at radius 3 is 2.31 bits per heavy atom. The fourth-order valence-corrected chi connectivity index (χ4v) is 2.93. The van der Waals surface area contributed by atoms with Crippen LogP contribution in [0.25, 0.3) is 6.08 Å². The van der Waals surface area contributed by atoms with Gasteiger partial charge in [-0.05, 0) is 40.2 Å². The molecule has 6 nitrogen and oxygen atoms in total. The van der Waals surface area contributed by atoms with E-state index in [1.54, 1.807) is 18.2 Å². The van der Waals surface area contributed by atoms with Crippen molar-refractivity contribution >= 4 is 33.9 Å². The molecule has 7 heteroatoms. The van der Waals surface area contributed by atoms with Gasteiger partial charge in [0.05, 0.1) is 26.9 Å². The highest BCUT2D eigenvalue weighted by atomic mass is 79.9. The van der Waals surface area contributed by atoms with Crippen molar-refractivity contribution in [3.05, 3.63) is 57.7 Å². The highest BCUT2D eigenvalue weighted by molar-refractivity contribution is 9.10. The molecule has 0 radical (unpaired) electrons. The molecule has 1 heterocycles. The number of halogens is 1. The summed E-state index contributed by atoms with van der Waals surface area (Å²) in [5.41, 5.74) is 1.49. The number of aliphatic imine (C=N–C) groups is 1. The Hall–Kier alpha value is -2.80. The molecule has 1 aliphatic rings. The van der Waals surface area contributed by atoms with E-state index in [1.165, 1.54) is 21.3 Å². The largest absolute Gasteiger partial charge is 0.496 e. The zero-order valence-electron chi connectivity index (χ0n) is 14.4. The van der Waals surface area contributed by atoms with E-state index in [2.05, 4.69) is 20.9 Å². The Kier molecular flexibility index (Phi) is 5.27. The normalized spacial score (nSPS) is 14.8. The van der Waals surface area contributed by atoms with E-state index in [-0.39, 0.29) is 11.6 Å². The number of ether oxygens (including phenoxy) is 4. The van der Waals surface area contributed by atoms with E-state index in [1.807, 2.05) is 24.3 Å². The number of carbonyl (C=O) groups excluding carboxylic acids is 1. The second kappa shape index (κ2) is 7.61. The third kappa shape index (κ3) is 3.43. The maximum absolute atomic E-state index is 12.2. The monoisotopic (exact) mass is 417 g/mol. The number of methoxy groups -OCH3 is 3. The van der Waals surface area contributed by atoms with Crippen LogP contribution in [0, 0.1) is 0 Å². The Balaban J connectivity index is 2.04. The standard InChI is InChI=1S/C19H16BrNO5/c1-23-15-10-17(25-3)16(24-2)9-11(15)8-14-19(22)26-18(21-14)12-6-4-5-7-13(12)20/h4-10H,1-3H3/b14-8-. The molecule has 1 aliphatic heterocycles. The molecule has 0 aliphatic carbocycles. The van der Waals surface area contributed by atoms with Gasteiger partial charge >= 0.3 is 5.97 Å². The molecule has 134 valence electrons. The molecule has 0 unspecified atom stereocenters. The van der Waals surface area contributed by atoms with E-state index < -0.39 is 5.97 Å². The molecule has 0 amide bonds. The van der Waals surface area contributed by atoms with E-state index in [9.17, 15) is 4.79 Å². The number of hydrogen-bond donors (Lipinski definition) is 0. The molecule has 0 N–H and O–H groups in total. The molecule has 0 saturated carbocycles. The summed E-state index contributed by atoms with van der Waals surface area (Å²) in [5.74, 6) is 1.27. The van der Waals surface area contributed by atoms with E-state index >= 15 is 0 Å². The number of rotatable bonds is 5. The molecule has 2 aromatic rings. The zero-order chi connectivity index (χ0) is 18.7. The zero-order valence-corrected chi connectivity index (χ0v) is 16.0. The third-order valence-electron chi connectivity index (χ3n) is 3.75. The highest BCUT2D eigenvalue weighted by Gasteiger charge is 2.26. The van der Waals surface area contributed by atoms with Crippen LogP contribution in [-0.2, 0) is 9.53 Å². The average Bonchev–Trinajstić information content (AvgIpc) is 3.01. The Morgan fingerprint density at radius 2 is 1.65 bits per heavy atom. The number of benzene rings is 2. The summed E-state index contributed by atoms with van der Waals surface area (Å²) >= 11 is 3.43. The highest BCUT2D eigenvalue weighted by Crippen LogP contribution is 2.36. The first-order valence-electron chi connectivity index (χ1n) is 7.65. The first-order valence-corrected chi connectivity index (χ1v) is 8.44. The fourth-order valence-electron chi connectivity index (χ4n) is 2.47. The van der Waals surface area contributed by atoms with Gasteiger partial charge in [0.25, 0.3) is 0 Å². The summed E-state index contributed by atoms with van der Waals surface area (Å²) in [5, 5.41) is 0. The quantitative estimate of drug-likeness (QED) is 0.546. The molecule has 0 saturated heterocycles. The van der Waals surface area contributed by atoms with Gasteiger partial charge in [-0.15, -0.1) is 0 Å². The minimum atomic E-state index is -0.535. The minimum Gasteiger partial charge on any atom is -0.496 e. The van der Waals surface area contributed by atoms with Gasteiger partial charge in [0.2, 0.25) is 5.90 Å². The second-order valence-corrected chi connectivity index (χ2v) is 6.12. The molecular weight excluding hydrogens is 402 g/mol. The van der Waals surface area contributed by atoms with Crippen LogP contribution >= 0.6 is 15.9 Å². The first kappa shape index (κ1) is 18.0. The van der Waals surface area contributed by atoms with Crippen molar-refractivity contribution < 1.29 is 23.7 Å². The van der Waals surface area contributed by atoms with Crippen LogP contribution in [0.4, 0.5) is 0 Å². The van der Waals surface area contributed by atoms with Crippen molar-refractivity contribution in [3.63, 3.8) is 0 Å². The first-order chi connectivity index (χ1) is 12.6. The van der Waals surface area contributed by atoms with Crippen molar-refractivity contribution in [2.24, 2.45) is 4.99 Å². The van der Waals surface area contributed by atoms with Crippen LogP contribution in [-0.4, -0.2) is 33.2 Å². The lowest BCUT2D eigenvalue weighted by atomic mass is 10.1. The molecular formula is C19H16BrNO5. The van der Waals surface area contributed by atoms with E-state index in [0.717, 1.165) is 4.47 Å². The maximum atomic E-state index is 12.2. The van der Waals surface area contributed by atoms with Gasteiger partial charge < -0.3 is 18.9 Å². The summed E-state index contributed by atoms with van der Waals surface area (Å²) in [6.45, 7) is 0. The summed E-state index contributed by atoms with van der Waals surface area (Å²) < 4.78 is 22.0. The van der Waals surface area contributed by atoms with Gasteiger partial charge in [-0.25, -0.2) is 9.79 Å². The van der Waals surface area contributed by atoms with Crippen molar-refractivity contribution in [1.29, 1.82) is 0 Å². The number of hydrogen-bond acceptors (Lipinski definition) is 6. The van der Waals surface area contributed by atoms with Crippen LogP contribution in [0.5, 0.6) is 17.2 Å². The predicted octanol–water partition coefficient (Wildman–Crippen LogP) is 3.82. The summed E-state index contributed by atoms with van der Waals surface area (Å²) in [4.78, 5) is 16.6. The van der Waals surface area contributed by atoms with Crippen molar-refractivity contribution in [1.82, 2.24) is 0 Å². The van der Waals surface area contributed by atoms with Crippen LogP contribution in [0.1, 0.15) is 11.1 Å². The van der Waals surface area contributed by atoms with Gasteiger partial charge in [0, 0.05) is 16.1 Å². The van der Waals surface area contributed by atoms with Gasteiger partial charge in [-0.2, -0.15) is 0 Å². The molecule has 3 rings (SSSR count). The second-order valence-electron chi connectivity index (χ2n) is 5.27. The topological polar surface area (TPSA) is 66.3 Å². The summed E-state index contributed by atoms with van der Waals surface area (Å²) in [7, 11) is 4.61. The number of esters is 1. The van der Waals surface area contributed by atoms with E-state index in [0.29, 0.717) is 28.4 Å². The van der Waals surface area contributed by atoms with Crippen molar-refractivity contribution in [2.45, 2.75) is 0 Å². The predicted molar refractivity (Wildman–Crippen MR) is 101 cm³/mol. The van der Waals surface area contributed by atoms with Gasteiger partial charge in [-0.1, -0.05) is 12.1 Å². The molecule has 0 fully saturated rings. The summed E-state index contributed by atoms with van der Waals surface area (Å²) in [6, 6.07) is 10.8. The van der Waals surface area contributed by atoms with Gasteiger partial charge in [-0.3, -0.25) is 0 Å². The van der Waals surface area contributed by atoms with Crippen molar-refractivity contribution in [2.75, 3.05) is 21.3 Å². The van der Waals surface area contributed by atoms with Crippen LogP contribution in [0.15, 0.2) is 51.6 Å². The van der Waals surface area contributed by atoms with E-state index in [4.69, 9.17) is 18.9 Å². The smallest absolute Gasteiger partial charge is 0.363 e. The summed E-state index contributed by atoms with van der Waals surface area (Å²) in [6.07, 6.45) is 1.59. The lowest BCUT2D eigenvalue weighted by Crippen LogP contribution is -2.05. The molecule has 0 spiro atoms. The fraction of sp³-hybridized carbons (Fsp3) is 0.158. The maximum Gasteiger partial charge on any atom is 0.363 e. The Labute approximate surface area is 159 Å². The molecule has 0 aromatic heterocycles. The minimum absolute atomic E-state index is 0.168. The SMILES string of the molecule is COc1cc(OC)c(OC)cc1/C=C1\N=C(c2ccccc2Br)OC1=O. The lowest BCUT2D eigenvalue weighted by Gasteiger charge is -2.12. The van der Waals surface area contributed by atoms with Crippen LogP contribution in [0.2, 0.25) is 0 Å². The van der Waals surface area contributed by atoms with Crippen LogP contribution in [0.3, 0.4) is 0 Å². The Bertz CT molecular complexity index is 920. The molecule has 0 bridgehead atoms. The molecule has 0 atom stereocenters. The lowest BCUT2D eigenvalue weighted by molar-refractivity contribution is -0.129. The van der Waals surface area contributed by atoms with Crippen molar-refractivity contribution in [3.8, 4) is 17.2 Å². The number of cyclic esters (lactones) is 1. The van der Waals surface area contributed by atoms with Gasteiger partial charge in [0.15, 0.2) is 17.2 Å². The van der Waals surface area contributed by atoms with Crippen LogP contribution < -0.4 is 14.2 Å². The third-order valence-corrected chi connectivity index (χ3v) is 4.44.